The number of halogens is 1. The summed E-state index contributed by atoms with van der Waals surface area (Å²) in [5.41, 5.74) is 1.64. The molecular weight excluding hydrogens is 377 g/mol. The molecule has 7 heteroatoms. The van der Waals surface area contributed by atoms with E-state index in [9.17, 15) is 14.0 Å². The van der Waals surface area contributed by atoms with Crippen molar-refractivity contribution >= 4 is 46.6 Å². The third-order valence-electron chi connectivity index (χ3n) is 4.53. The van der Waals surface area contributed by atoms with E-state index in [1.165, 1.54) is 24.3 Å². The Kier molecular flexibility index (Phi) is 5.84. The number of carbonyl (C=O) groups is 2. The van der Waals surface area contributed by atoms with Crippen LogP contribution in [0, 0.1) is 5.82 Å². The van der Waals surface area contributed by atoms with E-state index in [2.05, 4.69) is 24.1 Å². The molecule has 0 radical (unpaired) electrons. The van der Waals surface area contributed by atoms with Gasteiger partial charge in [0.2, 0.25) is 0 Å². The van der Waals surface area contributed by atoms with Crippen LogP contribution >= 0.6 is 12.2 Å². The monoisotopic (exact) mass is 397 g/mol. The van der Waals surface area contributed by atoms with Gasteiger partial charge in [-0.1, -0.05) is 24.3 Å². The summed E-state index contributed by atoms with van der Waals surface area (Å²) in [7, 11) is 0. The van der Waals surface area contributed by atoms with Crippen molar-refractivity contribution < 1.29 is 14.0 Å². The molecule has 5 nitrogen and oxygen atoms in total. The van der Waals surface area contributed by atoms with Crippen LogP contribution in [0.4, 0.5) is 15.8 Å². The molecule has 0 spiro atoms. The summed E-state index contributed by atoms with van der Waals surface area (Å²) in [5, 5.41) is 2.31. The van der Waals surface area contributed by atoms with E-state index < -0.39 is 17.6 Å². The Balaban J connectivity index is 1.94. The number of para-hydroxylation sites is 1. The van der Waals surface area contributed by atoms with E-state index in [1.807, 2.05) is 24.3 Å². The van der Waals surface area contributed by atoms with Crippen LogP contribution in [0.1, 0.15) is 19.4 Å². The van der Waals surface area contributed by atoms with E-state index in [1.54, 1.807) is 6.07 Å². The van der Waals surface area contributed by atoms with Crippen LogP contribution < -0.4 is 15.1 Å². The number of hydrogen-bond acceptors (Lipinski definition) is 4. The standard InChI is InChI=1S/C21H20FN3O2S/c1-3-24(4-2)15-11-9-14(10-12-15)13-16-19(26)23-21(28)25(20(16)27)18-8-6-5-7-17(18)22/h5-13H,3-4H2,1-2H3,(H,23,26,28). The molecular formula is C21H20FN3O2S. The molecule has 2 aromatic rings. The summed E-state index contributed by atoms with van der Waals surface area (Å²) < 4.78 is 14.2. The molecule has 2 aromatic carbocycles. The second-order valence-electron chi connectivity index (χ2n) is 6.17. The van der Waals surface area contributed by atoms with Gasteiger partial charge < -0.3 is 4.90 Å². The van der Waals surface area contributed by atoms with Gasteiger partial charge in [-0.15, -0.1) is 0 Å². The molecule has 0 atom stereocenters. The topological polar surface area (TPSA) is 52.7 Å². The summed E-state index contributed by atoms with van der Waals surface area (Å²) in [6, 6.07) is 13.3. The molecule has 0 bridgehead atoms. The van der Waals surface area contributed by atoms with Gasteiger partial charge in [0.1, 0.15) is 11.4 Å². The number of rotatable bonds is 5. The molecule has 2 amide bonds. The molecule has 28 heavy (non-hydrogen) atoms. The van der Waals surface area contributed by atoms with Gasteiger partial charge in [-0.2, -0.15) is 0 Å². The molecule has 1 aliphatic heterocycles. The lowest BCUT2D eigenvalue weighted by Crippen LogP contribution is -2.54. The molecule has 3 rings (SSSR count). The average molecular weight is 397 g/mol. The van der Waals surface area contributed by atoms with Crippen molar-refractivity contribution in [2.24, 2.45) is 0 Å². The van der Waals surface area contributed by atoms with Crippen LogP contribution in [0.15, 0.2) is 54.1 Å². The third-order valence-corrected chi connectivity index (χ3v) is 4.81. The largest absolute Gasteiger partial charge is 0.372 e. The number of hydrogen-bond donors (Lipinski definition) is 1. The molecule has 1 fully saturated rings. The van der Waals surface area contributed by atoms with Crippen LogP contribution in [0.3, 0.4) is 0 Å². The molecule has 144 valence electrons. The van der Waals surface area contributed by atoms with Gasteiger partial charge >= 0.3 is 0 Å². The first-order chi connectivity index (χ1) is 13.5. The predicted molar refractivity (Wildman–Crippen MR) is 113 cm³/mol. The number of carbonyl (C=O) groups excluding carboxylic acids is 2. The van der Waals surface area contributed by atoms with Crippen LogP contribution in [-0.2, 0) is 9.59 Å². The lowest BCUT2D eigenvalue weighted by molar-refractivity contribution is -0.122. The average Bonchev–Trinajstić information content (AvgIpc) is 2.68. The summed E-state index contributed by atoms with van der Waals surface area (Å²) in [6.45, 7) is 5.91. The number of benzene rings is 2. The van der Waals surface area contributed by atoms with Crippen molar-refractivity contribution in [3.8, 4) is 0 Å². The van der Waals surface area contributed by atoms with Crippen LogP contribution in [0.5, 0.6) is 0 Å². The third kappa shape index (κ3) is 3.80. The first kappa shape index (κ1) is 19.7. The minimum atomic E-state index is -0.660. The number of nitrogens with one attached hydrogen (secondary N) is 1. The van der Waals surface area contributed by atoms with E-state index >= 15 is 0 Å². The lowest BCUT2D eigenvalue weighted by atomic mass is 10.1. The molecule has 1 aliphatic rings. The zero-order valence-electron chi connectivity index (χ0n) is 15.6. The highest BCUT2D eigenvalue weighted by Crippen LogP contribution is 2.25. The second kappa shape index (κ2) is 8.31. The minimum Gasteiger partial charge on any atom is -0.372 e. The Hall–Kier alpha value is -3.06. The highest BCUT2D eigenvalue weighted by Gasteiger charge is 2.35. The Bertz CT molecular complexity index is 952. The lowest BCUT2D eigenvalue weighted by Gasteiger charge is -2.29. The first-order valence-electron chi connectivity index (χ1n) is 8.97. The Morgan fingerprint density at radius 2 is 1.71 bits per heavy atom. The summed E-state index contributed by atoms with van der Waals surface area (Å²) >= 11 is 5.09. The SMILES string of the molecule is CCN(CC)c1ccc(C=C2C(=O)NC(=S)N(c3ccccc3F)C2=O)cc1. The Labute approximate surface area is 168 Å². The summed E-state index contributed by atoms with van der Waals surface area (Å²) in [4.78, 5) is 28.4. The van der Waals surface area contributed by atoms with Gasteiger partial charge in [0.25, 0.3) is 11.8 Å². The fourth-order valence-electron chi connectivity index (χ4n) is 3.05. The smallest absolute Gasteiger partial charge is 0.270 e. The number of amides is 2. The number of thiocarbonyl (C=S) groups is 1. The van der Waals surface area contributed by atoms with E-state index in [-0.39, 0.29) is 16.4 Å². The van der Waals surface area contributed by atoms with Gasteiger partial charge in [0.15, 0.2) is 5.11 Å². The van der Waals surface area contributed by atoms with Crippen molar-refractivity contribution in [3.05, 3.63) is 65.5 Å². The minimum absolute atomic E-state index is 0.000260. The van der Waals surface area contributed by atoms with E-state index in [0.29, 0.717) is 5.56 Å². The number of nitrogens with zero attached hydrogens (tertiary/aromatic N) is 2. The predicted octanol–water partition coefficient (Wildman–Crippen LogP) is 3.50. The van der Waals surface area contributed by atoms with Crippen LogP contribution in [0.2, 0.25) is 0 Å². The van der Waals surface area contributed by atoms with Crippen LogP contribution in [-0.4, -0.2) is 30.0 Å². The van der Waals surface area contributed by atoms with Crippen molar-refractivity contribution in [2.45, 2.75) is 13.8 Å². The first-order valence-corrected chi connectivity index (χ1v) is 9.38. The molecule has 1 saturated heterocycles. The molecule has 1 heterocycles. The quantitative estimate of drug-likeness (QED) is 0.477. The second-order valence-corrected chi connectivity index (χ2v) is 6.56. The fourth-order valence-corrected chi connectivity index (χ4v) is 3.32. The van der Waals surface area contributed by atoms with Gasteiger partial charge in [0, 0.05) is 18.8 Å². The van der Waals surface area contributed by atoms with Gasteiger partial charge in [-0.25, -0.2) is 9.29 Å². The normalized spacial score (nSPS) is 15.8. The van der Waals surface area contributed by atoms with Gasteiger partial charge in [-0.3, -0.25) is 14.9 Å². The Morgan fingerprint density at radius 3 is 2.32 bits per heavy atom. The molecule has 0 unspecified atom stereocenters. The highest BCUT2D eigenvalue weighted by atomic mass is 32.1. The zero-order chi connectivity index (χ0) is 20.3. The van der Waals surface area contributed by atoms with Gasteiger partial charge in [0.05, 0.1) is 5.69 Å². The fraction of sp³-hybridized carbons (Fsp3) is 0.190. The highest BCUT2D eigenvalue weighted by molar-refractivity contribution is 7.80. The molecule has 1 N–H and O–H groups in total. The van der Waals surface area contributed by atoms with E-state index in [4.69, 9.17) is 12.2 Å². The van der Waals surface area contributed by atoms with Crippen molar-refractivity contribution in [3.63, 3.8) is 0 Å². The maximum Gasteiger partial charge on any atom is 0.270 e. The zero-order valence-corrected chi connectivity index (χ0v) is 16.4. The molecule has 0 aliphatic carbocycles. The van der Waals surface area contributed by atoms with Gasteiger partial charge in [-0.05, 0) is 62.0 Å². The number of anilines is 2. The maximum atomic E-state index is 14.2. The molecule has 0 aromatic heterocycles. The summed E-state index contributed by atoms with van der Waals surface area (Å²) in [5.74, 6) is -1.86. The van der Waals surface area contributed by atoms with Crippen molar-refractivity contribution in [2.75, 3.05) is 22.9 Å². The summed E-state index contributed by atoms with van der Waals surface area (Å²) in [6.07, 6.45) is 1.49. The van der Waals surface area contributed by atoms with Crippen molar-refractivity contribution in [1.82, 2.24) is 5.32 Å². The maximum absolute atomic E-state index is 14.2. The van der Waals surface area contributed by atoms with Crippen LogP contribution in [0.25, 0.3) is 6.08 Å². The van der Waals surface area contributed by atoms with Crippen molar-refractivity contribution in [1.29, 1.82) is 0 Å². The Morgan fingerprint density at radius 1 is 1.07 bits per heavy atom. The molecule has 0 saturated carbocycles. The van der Waals surface area contributed by atoms with E-state index in [0.717, 1.165) is 23.7 Å².